The summed E-state index contributed by atoms with van der Waals surface area (Å²) in [6.07, 6.45) is 2.62. The first kappa shape index (κ1) is 18.1. The van der Waals surface area contributed by atoms with Crippen LogP contribution in [-0.4, -0.2) is 28.0 Å². The Bertz CT molecular complexity index is 1090. The number of aryl methyl sites for hydroxylation is 1. The number of pyridine rings is 1. The summed E-state index contributed by atoms with van der Waals surface area (Å²) in [5.41, 5.74) is 7.92. The van der Waals surface area contributed by atoms with E-state index in [1.165, 1.54) is 12.3 Å². The van der Waals surface area contributed by atoms with Gasteiger partial charge in [-0.3, -0.25) is 4.98 Å². The van der Waals surface area contributed by atoms with Gasteiger partial charge in [0.05, 0.1) is 16.8 Å². The van der Waals surface area contributed by atoms with Crippen molar-refractivity contribution in [2.45, 2.75) is 37.3 Å². The second-order valence-corrected chi connectivity index (χ2v) is 7.94. The lowest BCUT2D eigenvalue weighted by molar-refractivity contribution is -0.136. The van der Waals surface area contributed by atoms with Crippen molar-refractivity contribution in [3.8, 4) is 0 Å². The van der Waals surface area contributed by atoms with E-state index in [2.05, 4.69) is 19.9 Å². The number of piperidine rings is 1. The van der Waals surface area contributed by atoms with E-state index in [1.807, 2.05) is 12.3 Å². The predicted molar refractivity (Wildman–Crippen MR) is 105 cm³/mol. The number of rotatable bonds is 1. The van der Waals surface area contributed by atoms with Crippen LogP contribution >= 0.6 is 0 Å². The van der Waals surface area contributed by atoms with Crippen molar-refractivity contribution in [3.05, 3.63) is 53.5 Å². The fourth-order valence-electron chi connectivity index (χ4n) is 4.96. The summed E-state index contributed by atoms with van der Waals surface area (Å²) < 4.78 is 40.4. The molecule has 5 nitrogen and oxygen atoms in total. The van der Waals surface area contributed by atoms with E-state index in [0.29, 0.717) is 11.9 Å². The van der Waals surface area contributed by atoms with Crippen LogP contribution in [0.1, 0.15) is 36.1 Å². The molecule has 1 unspecified atom stereocenters. The average Bonchev–Trinajstić information content (AvgIpc) is 3.03. The van der Waals surface area contributed by atoms with Crippen LogP contribution in [0, 0.1) is 0 Å². The Morgan fingerprint density at radius 1 is 1.10 bits per heavy atom. The minimum atomic E-state index is -4.44. The van der Waals surface area contributed by atoms with Crippen molar-refractivity contribution in [1.29, 1.82) is 0 Å². The highest BCUT2D eigenvalue weighted by Crippen LogP contribution is 2.46. The van der Waals surface area contributed by atoms with Gasteiger partial charge in [-0.15, -0.1) is 0 Å². The van der Waals surface area contributed by atoms with Crippen molar-refractivity contribution < 1.29 is 13.2 Å². The Hall–Kier alpha value is -2.90. The molecular formula is C21H20F3N5. The Morgan fingerprint density at radius 2 is 1.97 bits per heavy atom. The lowest BCUT2D eigenvalue weighted by atomic mass is 9.77. The Balaban J connectivity index is 1.58. The third kappa shape index (κ3) is 2.89. The summed E-state index contributed by atoms with van der Waals surface area (Å²) >= 11 is 0. The van der Waals surface area contributed by atoms with E-state index in [-0.39, 0.29) is 16.9 Å². The number of aromatic nitrogens is 3. The maximum Gasteiger partial charge on any atom is 0.418 e. The van der Waals surface area contributed by atoms with Crippen LogP contribution in [-0.2, 0) is 18.0 Å². The largest absolute Gasteiger partial charge is 0.418 e. The number of nitrogens with two attached hydrogens (primary N) is 1. The van der Waals surface area contributed by atoms with Crippen molar-refractivity contribution in [2.24, 2.45) is 0 Å². The molecule has 1 aliphatic carbocycles. The van der Waals surface area contributed by atoms with Crippen molar-refractivity contribution in [3.63, 3.8) is 0 Å². The molecule has 0 bridgehead atoms. The third-order valence-electron chi connectivity index (χ3n) is 6.23. The Labute approximate surface area is 165 Å². The van der Waals surface area contributed by atoms with Crippen LogP contribution in [0.5, 0.6) is 0 Å². The van der Waals surface area contributed by atoms with E-state index in [9.17, 15) is 13.2 Å². The normalized spacial score (nSPS) is 21.7. The van der Waals surface area contributed by atoms with Crippen LogP contribution in [0.3, 0.4) is 0 Å². The van der Waals surface area contributed by atoms with E-state index in [4.69, 9.17) is 5.73 Å². The van der Waals surface area contributed by atoms with Crippen LogP contribution in [0.15, 0.2) is 36.7 Å². The van der Waals surface area contributed by atoms with Crippen molar-refractivity contribution >= 4 is 22.5 Å². The maximum absolute atomic E-state index is 13.5. The number of fused-ring (bicyclic) bond motifs is 3. The molecule has 1 spiro atoms. The van der Waals surface area contributed by atoms with Gasteiger partial charge in [0.2, 0.25) is 5.95 Å². The summed E-state index contributed by atoms with van der Waals surface area (Å²) in [5.74, 6) is 0.270. The van der Waals surface area contributed by atoms with Gasteiger partial charge in [0.1, 0.15) is 0 Å². The molecular weight excluding hydrogens is 379 g/mol. The van der Waals surface area contributed by atoms with Gasteiger partial charge in [0.25, 0.3) is 0 Å². The van der Waals surface area contributed by atoms with Crippen molar-refractivity contribution in [1.82, 2.24) is 15.0 Å². The van der Waals surface area contributed by atoms with Crippen LogP contribution in [0.4, 0.5) is 24.8 Å². The quantitative estimate of drug-likeness (QED) is 0.667. The van der Waals surface area contributed by atoms with Gasteiger partial charge in [-0.2, -0.15) is 13.2 Å². The molecule has 1 aliphatic heterocycles. The molecule has 3 heterocycles. The van der Waals surface area contributed by atoms with Crippen molar-refractivity contribution in [2.75, 3.05) is 23.7 Å². The van der Waals surface area contributed by atoms with Gasteiger partial charge < -0.3 is 10.6 Å². The molecule has 150 valence electrons. The maximum atomic E-state index is 13.5. The fraction of sp³-hybridized carbons (Fsp3) is 0.381. The molecule has 1 saturated heterocycles. The number of hydrogen-bond donors (Lipinski definition) is 1. The fourth-order valence-corrected chi connectivity index (χ4v) is 4.96. The second kappa shape index (κ2) is 6.30. The zero-order valence-electron chi connectivity index (χ0n) is 15.7. The first-order valence-electron chi connectivity index (χ1n) is 9.69. The van der Waals surface area contributed by atoms with E-state index < -0.39 is 11.7 Å². The molecule has 1 aromatic carbocycles. The van der Waals surface area contributed by atoms with Crippen LogP contribution in [0.25, 0.3) is 10.9 Å². The lowest BCUT2D eigenvalue weighted by Gasteiger charge is -2.42. The summed E-state index contributed by atoms with van der Waals surface area (Å²) in [6.45, 7) is 1.48. The summed E-state index contributed by atoms with van der Waals surface area (Å²) in [7, 11) is 0. The van der Waals surface area contributed by atoms with E-state index in [1.54, 1.807) is 6.07 Å². The molecule has 29 heavy (non-hydrogen) atoms. The first-order chi connectivity index (χ1) is 13.9. The molecule has 5 rings (SSSR count). The Morgan fingerprint density at radius 3 is 2.79 bits per heavy atom. The molecule has 3 aromatic rings. The smallest absolute Gasteiger partial charge is 0.370 e. The average molecular weight is 399 g/mol. The number of halogens is 3. The molecule has 0 amide bonds. The summed E-state index contributed by atoms with van der Waals surface area (Å²) in [5, 5.41) is 0.528. The highest BCUT2D eigenvalue weighted by Gasteiger charge is 2.44. The molecule has 2 aromatic heterocycles. The number of nitrogen functional groups attached to an aromatic ring is 1. The molecule has 1 fully saturated rings. The number of para-hydroxylation sites is 1. The van der Waals surface area contributed by atoms with Gasteiger partial charge in [-0.05, 0) is 43.4 Å². The van der Waals surface area contributed by atoms with E-state index in [0.717, 1.165) is 55.2 Å². The zero-order chi connectivity index (χ0) is 20.2. The number of hydrogen-bond acceptors (Lipinski definition) is 5. The number of nitrogens with zero attached hydrogens (tertiary/aromatic N) is 4. The minimum Gasteiger partial charge on any atom is -0.370 e. The summed E-state index contributed by atoms with van der Waals surface area (Å²) in [6, 6.07) is 6.07. The van der Waals surface area contributed by atoms with E-state index >= 15 is 0 Å². The Kier molecular flexibility index (Phi) is 3.94. The minimum absolute atomic E-state index is 0.00415. The predicted octanol–water partition coefficient (Wildman–Crippen LogP) is 4.11. The van der Waals surface area contributed by atoms with Gasteiger partial charge in [-0.1, -0.05) is 12.1 Å². The van der Waals surface area contributed by atoms with Gasteiger partial charge in [0, 0.05) is 42.0 Å². The standard InChI is InChI=1S/C21H20F3N5/c22-21(23,24)15-4-1-3-14-16(6-9-26-17(14)15)29-10-2-7-20(12-29)8-5-13-11-27-19(25)28-18(13)20/h1,3-4,6,9,11H,2,5,7-8,10,12H2,(H2,25,27,28). The first-order valence-corrected chi connectivity index (χ1v) is 9.69. The highest BCUT2D eigenvalue weighted by molar-refractivity contribution is 5.93. The van der Waals surface area contributed by atoms with Crippen LogP contribution in [0.2, 0.25) is 0 Å². The second-order valence-electron chi connectivity index (χ2n) is 7.94. The zero-order valence-corrected chi connectivity index (χ0v) is 15.7. The van der Waals surface area contributed by atoms with Gasteiger partial charge in [-0.25, -0.2) is 9.97 Å². The number of benzene rings is 1. The number of anilines is 2. The van der Waals surface area contributed by atoms with Gasteiger partial charge in [0.15, 0.2) is 0 Å². The lowest BCUT2D eigenvalue weighted by Crippen LogP contribution is -2.45. The highest BCUT2D eigenvalue weighted by atomic mass is 19.4. The molecule has 2 N–H and O–H groups in total. The van der Waals surface area contributed by atoms with Gasteiger partial charge >= 0.3 is 6.18 Å². The molecule has 2 aliphatic rings. The topological polar surface area (TPSA) is 67.9 Å². The summed E-state index contributed by atoms with van der Waals surface area (Å²) in [4.78, 5) is 14.9. The number of alkyl halides is 3. The monoisotopic (exact) mass is 399 g/mol. The molecule has 0 radical (unpaired) electrons. The van der Waals surface area contributed by atoms with Crippen LogP contribution < -0.4 is 10.6 Å². The third-order valence-corrected chi connectivity index (χ3v) is 6.23. The molecule has 1 atom stereocenters. The molecule has 8 heteroatoms. The SMILES string of the molecule is Nc1ncc2c(n1)C1(CCCN(c3ccnc4c(C(F)(F)F)cccc34)C1)CC2. The molecule has 0 saturated carbocycles.